The van der Waals surface area contributed by atoms with Crippen LogP contribution in [0.25, 0.3) is 22.3 Å². The van der Waals surface area contributed by atoms with E-state index in [9.17, 15) is 13.9 Å². The first-order valence-electron chi connectivity index (χ1n) is 10.5. The quantitative estimate of drug-likeness (QED) is 0.610. The van der Waals surface area contributed by atoms with Gasteiger partial charge in [-0.05, 0) is 54.3 Å². The van der Waals surface area contributed by atoms with E-state index in [2.05, 4.69) is 9.88 Å². The molecule has 1 aliphatic rings. The van der Waals surface area contributed by atoms with E-state index in [-0.39, 0.29) is 18.1 Å². The summed E-state index contributed by atoms with van der Waals surface area (Å²) in [6, 6.07) is 10.4. The van der Waals surface area contributed by atoms with Gasteiger partial charge in [0.15, 0.2) is 0 Å². The lowest BCUT2D eigenvalue weighted by Crippen LogP contribution is -2.46. The molecule has 2 aromatic carbocycles. The van der Waals surface area contributed by atoms with E-state index in [1.807, 2.05) is 32.0 Å². The van der Waals surface area contributed by atoms with Crippen LogP contribution in [0.3, 0.4) is 0 Å². The van der Waals surface area contributed by atoms with Gasteiger partial charge >= 0.3 is 0 Å². The van der Waals surface area contributed by atoms with Crippen LogP contribution in [0, 0.1) is 19.7 Å². The maximum atomic E-state index is 14.8. The number of hydrogen-bond donors (Lipinski definition) is 2. The van der Waals surface area contributed by atoms with Crippen molar-refractivity contribution in [3.8, 4) is 28.0 Å². The Bertz CT molecular complexity index is 1090. The number of nitrogens with zero attached hydrogens (tertiary/aromatic N) is 2. The minimum absolute atomic E-state index is 0.00578. The summed E-state index contributed by atoms with van der Waals surface area (Å²) in [5.41, 5.74) is 9.85. The summed E-state index contributed by atoms with van der Waals surface area (Å²) in [6.45, 7) is 4.67. The van der Waals surface area contributed by atoms with Crippen LogP contribution in [0.5, 0.6) is 5.75 Å². The predicted octanol–water partition coefficient (Wildman–Crippen LogP) is 5.14. The summed E-state index contributed by atoms with van der Waals surface area (Å²) in [5, 5.41) is 10.3. The highest BCUT2D eigenvalue weighted by molar-refractivity contribution is 5.90. The van der Waals surface area contributed by atoms with E-state index in [0.29, 0.717) is 31.5 Å². The van der Waals surface area contributed by atoms with E-state index in [1.54, 1.807) is 18.5 Å². The van der Waals surface area contributed by atoms with Crippen molar-refractivity contribution in [2.24, 2.45) is 5.73 Å². The predicted molar refractivity (Wildman–Crippen MR) is 121 cm³/mol. The van der Waals surface area contributed by atoms with E-state index in [4.69, 9.17) is 5.73 Å². The van der Waals surface area contributed by atoms with Crippen LogP contribution in [0.4, 0.5) is 14.5 Å². The number of alkyl halides is 1. The highest BCUT2D eigenvalue weighted by Gasteiger charge is 2.34. The molecule has 0 unspecified atom stereocenters. The molecule has 0 amide bonds. The fraction of sp³-hybridized carbons (Fsp3) is 0.320. The number of nitrogens with two attached hydrogens (primary N) is 1. The second-order valence-corrected chi connectivity index (χ2v) is 8.44. The standard InChI is InChI=1S/C25H27F2N3O/c1-16-9-19(11-20(26)10-16)22-14-29-13-21(18-4-3-17(2)23(31)12-18)24(22)30-7-5-25(27,15-28)6-8-30/h3-4,9-14,31H,5-8,15,28H2,1-2H3. The molecule has 1 saturated heterocycles. The van der Waals surface area contributed by atoms with Crippen LogP contribution >= 0.6 is 0 Å². The summed E-state index contributed by atoms with van der Waals surface area (Å²) < 4.78 is 29.0. The summed E-state index contributed by atoms with van der Waals surface area (Å²) in [5.74, 6) is -0.121. The number of phenols is 1. The van der Waals surface area contributed by atoms with Gasteiger partial charge in [-0.3, -0.25) is 4.98 Å². The lowest BCUT2D eigenvalue weighted by Gasteiger charge is -2.38. The second kappa shape index (κ2) is 8.27. The molecule has 1 aliphatic heterocycles. The molecule has 0 atom stereocenters. The maximum absolute atomic E-state index is 14.8. The molecule has 0 radical (unpaired) electrons. The first-order chi connectivity index (χ1) is 14.8. The maximum Gasteiger partial charge on any atom is 0.126 e. The van der Waals surface area contributed by atoms with Gasteiger partial charge in [-0.1, -0.05) is 18.2 Å². The number of aryl methyl sites for hydroxylation is 2. The van der Waals surface area contributed by atoms with Gasteiger partial charge in [0.2, 0.25) is 0 Å². The number of benzene rings is 2. The molecule has 3 N–H and O–H groups in total. The Morgan fingerprint density at radius 3 is 2.32 bits per heavy atom. The van der Waals surface area contributed by atoms with Crippen LogP contribution < -0.4 is 10.6 Å². The Morgan fingerprint density at radius 1 is 1.03 bits per heavy atom. The zero-order chi connectivity index (χ0) is 22.2. The molecular formula is C25H27F2N3O. The minimum Gasteiger partial charge on any atom is -0.508 e. The summed E-state index contributed by atoms with van der Waals surface area (Å²) in [4.78, 5) is 6.55. The summed E-state index contributed by atoms with van der Waals surface area (Å²) in [7, 11) is 0. The van der Waals surface area contributed by atoms with Gasteiger partial charge in [-0.2, -0.15) is 0 Å². The third kappa shape index (κ3) is 4.26. The number of phenolic OH excluding ortho intramolecular Hbond substituents is 1. The Balaban J connectivity index is 1.88. The molecule has 1 aromatic heterocycles. The molecule has 6 heteroatoms. The SMILES string of the molecule is Cc1cc(F)cc(-c2cncc(-c3ccc(C)c(O)c3)c2N2CCC(F)(CN)CC2)c1. The normalized spacial score (nSPS) is 15.8. The monoisotopic (exact) mass is 423 g/mol. The minimum atomic E-state index is -1.36. The average Bonchev–Trinajstić information content (AvgIpc) is 2.75. The zero-order valence-corrected chi connectivity index (χ0v) is 17.8. The third-order valence-electron chi connectivity index (χ3n) is 6.13. The largest absolute Gasteiger partial charge is 0.508 e. The van der Waals surface area contributed by atoms with E-state index in [0.717, 1.165) is 33.5 Å². The molecule has 0 aliphatic carbocycles. The molecule has 0 bridgehead atoms. The van der Waals surface area contributed by atoms with Gasteiger partial charge in [-0.15, -0.1) is 0 Å². The lowest BCUT2D eigenvalue weighted by atomic mass is 9.90. The van der Waals surface area contributed by atoms with Gasteiger partial charge in [-0.25, -0.2) is 8.78 Å². The second-order valence-electron chi connectivity index (χ2n) is 8.44. The fourth-order valence-electron chi connectivity index (χ4n) is 4.22. The number of hydrogen-bond acceptors (Lipinski definition) is 4. The van der Waals surface area contributed by atoms with Crippen LogP contribution in [0.1, 0.15) is 24.0 Å². The number of halogens is 2. The molecular weight excluding hydrogens is 396 g/mol. The van der Waals surface area contributed by atoms with Gasteiger partial charge < -0.3 is 15.7 Å². The summed E-state index contributed by atoms with van der Waals surface area (Å²) in [6.07, 6.45) is 4.12. The number of anilines is 1. The van der Waals surface area contributed by atoms with Crippen molar-refractivity contribution in [3.05, 3.63) is 65.7 Å². The Hall–Kier alpha value is -2.99. The zero-order valence-electron chi connectivity index (χ0n) is 17.8. The van der Waals surface area contributed by atoms with Crippen molar-refractivity contribution >= 4 is 5.69 Å². The molecule has 4 nitrogen and oxygen atoms in total. The van der Waals surface area contributed by atoms with Crippen molar-refractivity contribution in [1.29, 1.82) is 0 Å². The third-order valence-corrected chi connectivity index (χ3v) is 6.13. The van der Waals surface area contributed by atoms with Crippen LogP contribution in [-0.2, 0) is 0 Å². The average molecular weight is 424 g/mol. The van der Waals surface area contributed by atoms with Gasteiger partial charge in [0.05, 0.1) is 5.69 Å². The first kappa shape index (κ1) is 21.2. The molecule has 1 fully saturated rings. The van der Waals surface area contributed by atoms with Crippen LogP contribution in [-0.4, -0.2) is 35.4 Å². The number of piperidine rings is 1. The van der Waals surface area contributed by atoms with Gasteiger partial charge in [0.1, 0.15) is 17.2 Å². The fourth-order valence-corrected chi connectivity index (χ4v) is 4.22. The molecule has 162 valence electrons. The number of aromatic hydroxyl groups is 1. The van der Waals surface area contributed by atoms with Crippen LogP contribution in [0.2, 0.25) is 0 Å². The number of rotatable bonds is 4. The van der Waals surface area contributed by atoms with E-state index in [1.165, 1.54) is 12.1 Å². The molecule has 31 heavy (non-hydrogen) atoms. The highest BCUT2D eigenvalue weighted by Crippen LogP contribution is 2.42. The van der Waals surface area contributed by atoms with Gasteiger partial charge in [0, 0.05) is 56.0 Å². The first-order valence-corrected chi connectivity index (χ1v) is 10.5. The van der Waals surface area contributed by atoms with Crippen LogP contribution in [0.15, 0.2) is 48.8 Å². The van der Waals surface area contributed by atoms with Crippen molar-refractivity contribution in [3.63, 3.8) is 0 Å². The Kier molecular flexibility index (Phi) is 5.67. The lowest BCUT2D eigenvalue weighted by molar-refractivity contribution is 0.135. The Morgan fingerprint density at radius 2 is 1.71 bits per heavy atom. The van der Waals surface area contributed by atoms with E-state index >= 15 is 0 Å². The molecule has 0 spiro atoms. The van der Waals surface area contributed by atoms with Crippen molar-refractivity contribution in [2.75, 3.05) is 24.5 Å². The van der Waals surface area contributed by atoms with Crippen molar-refractivity contribution in [1.82, 2.24) is 4.98 Å². The molecule has 4 rings (SSSR count). The smallest absolute Gasteiger partial charge is 0.126 e. The summed E-state index contributed by atoms with van der Waals surface area (Å²) >= 11 is 0. The number of pyridine rings is 1. The van der Waals surface area contributed by atoms with Crippen molar-refractivity contribution < 1.29 is 13.9 Å². The molecule has 0 saturated carbocycles. The molecule has 3 aromatic rings. The number of aromatic nitrogens is 1. The van der Waals surface area contributed by atoms with E-state index < -0.39 is 5.67 Å². The topological polar surface area (TPSA) is 62.4 Å². The van der Waals surface area contributed by atoms with Gasteiger partial charge in [0.25, 0.3) is 0 Å². The van der Waals surface area contributed by atoms with Crippen molar-refractivity contribution in [2.45, 2.75) is 32.4 Å². The highest BCUT2D eigenvalue weighted by atomic mass is 19.1. The molecule has 2 heterocycles. The Labute approximate surface area is 181 Å².